The summed E-state index contributed by atoms with van der Waals surface area (Å²) >= 11 is 0. The predicted molar refractivity (Wildman–Crippen MR) is 73.9 cm³/mol. The van der Waals surface area contributed by atoms with Crippen molar-refractivity contribution in [1.82, 2.24) is 0 Å². The number of hydrogen-bond donors (Lipinski definition) is 1. The van der Waals surface area contributed by atoms with Crippen LogP contribution in [0.15, 0.2) is 18.2 Å². The number of rotatable bonds is 1. The Hall–Kier alpha value is -1.18. The van der Waals surface area contributed by atoms with E-state index >= 15 is 0 Å². The molecule has 1 aromatic carbocycles. The zero-order valence-electron chi connectivity index (χ0n) is 10.9. The highest BCUT2D eigenvalue weighted by Crippen LogP contribution is 2.38. The lowest BCUT2D eigenvalue weighted by Gasteiger charge is -2.45. The van der Waals surface area contributed by atoms with Crippen LogP contribution in [0.2, 0.25) is 0 Å². The molecular formula is C15H22N2. The minimum atomic E-state index is 0.661. The molecule has 0 spiro atoms. The van der Waals surface area contributed by atoms with Crippen molar-refractivity contribution in [3.63, 3.8) is 0 Å². The maximum absolute atomic E-state index is 3.74. The molecule has 0 aromatic heterocycles. The van der Waals surface area contributed by atoms with Crippen LogP contribution >= 0.6 is 0 Å². The summed E-state index contributed by atoms with van der Waals surface area (Å²) in [5.74, 6) is 0. The fraction of sp³-hybridized carbons (Fsp3) is 0.600. The highest BCUT2D eigenvalue weighted by Gasteiger charge is 2.33. The Morgan fingerprint density at radius 1 is 1.29 bits per heavy atom. The second-order valence-electron chi connectivity index (χ2n) is 5.42. The van der Waals surface area contributed by atoms with Gasteiger partial charge in [-0.05, 0) is 37.0 Å². The van der Waals surface area contributed by atoms with Gasteiger partial charge in [-0.3, -0.25) is 0 Å². The molecule has 92 valence electrons. The van der Waals surface area contributed by atoms with Crippen molar-refractivity contribution in [1.29, 1.82) is 0 Å². The quantitative estimate of drug-likeness (QED) is 0.795. The maximum atomic E-state index is 3.74. The van der Waals surface area contributed by atoms with Crippen molar-refractivity contribution >= 4 is 11.4 Å². The molecule has 0 amide bonds. The van der Waals surface area contributed by atoms with Gasteiger partial charge in [0.05, 0.1) is 11.4 Å². The molecule has 2 nitrogen and oxygen atoms in total. The molecule has 1 aliphatic heterocycles. The van der Waals surface area contributed by atoms with E-state index in [1.165, 1.54) is 42.6 Å². The first-order chi connectivity index (χ1) is 8.29. The lowest BCUT2D eigenvalue weighted by molar-refractivity contribution is 0.385. The van der Waals surface area contributed by atoms with Gasteiger partial charge in [0.2, 0.25) is 0 Å². The minimum absolute atomic E-state index is 0.661. The van der Waals surface area contributed by atoms with Crippen molar-refractivity contribution in [3.05, 3.63) is 23.8 Å². The second kappa shape index (κ2) is 4.25. The Kier molecular flexibility index (Phi) is 2.73. The number of likely N-dealkylation sites (N-methyl/N-ethyl adjacent to an activating group) is 1. The standard InChI is InChI=1S/C15H22N2/c1-3-11-8-9-13-15(10-11)17(2)14-7-5-4-6-12(14)16-13/h8-10,12,14,16H,3-7H2,1-2H3. The van der Waals surface area contributed by atoms with Gasteiger partial charge in [0.25, 0.3) is 0 Å². The minimum Gasteiger partial charge on any atom is -0.379 e. The van der Waals surface area contributed by atoms with Crippen LogP contribution in [0.4, 0.5) is 11.4 Å². The summed E-state index contributed by atoms with van der Waals surface area (Å²) in [5.41, 5.74) is 4.16. The molecule has 0 bridgehead atoms. The monoisotopic (exact) mass is 230 g/mol. The van der Waals surface area contributed by atoms with Gasteiger partial charge in [0, 0.05) is 19.1 Å². The van der Waals surface area contributed by atoms with Gasteiger partial charge in [0.15, 0.2) is 0 Å². The summed E-state index contributed by atoms with van der Waals surface area (Å²) in [6, 6.07) is 8.22. The molecule has 1 saturated carbocycles. The molecule has 0 saturated heterocycles. The lowest BCUT2D eigenvalue weighted by atomic mass is 9.87. The van der Waals surface area contributed by atoms with E-state index in [-0.39, 0.29) is 0 Å². The van der Waals surface area contributed by atoms with E-state index in [9.17, 15) is 0 Å². The van der Waals surface area contributed by atoms with Crippen molar-refractivity contribution in [2.75, 3.05) is 17.3 Å². The molecule has 2 aliphatic rings. The summed E-state index contributed by atoms with van der Waals surface area (Å²) in [5, 5.41) is 3.74. The summed E-state index contributed by atoms with van der Waals surface area (Å²) in [6.07, 6.45) is 6.55. The molecule has 2 unspecified atom stereocenters. The van der Waals surface area contributed by atoms with Crippen LogP contribution < -0.4 is 10.2 Å². The van der Waals surface area contributed by atoms with Crippen molar-refractivity contribution in [3.8, 4) is 0 Å². The van der Waals surface area contributed by atoms with Crippen molar-refractivity contribution in [2.24, 2.45) is 0 Å². The van der Waals surface area contributed by atoms with Gasteiger partial charge in [-0.1, -0.05) is 25.8 Å². The summed E-state index contributed by atoms with van der Waals surface area (Å²) in [6.45, 7) is 2.22. The zero-order valence-corrected chi connectivity index (χ0v) is 10.9. The molecule has 2 atom stereocenters. The van der Waals surface area contributed by atoms with Gasteiger partial charge < -0.3 is 10.2 Å². The number of aryl methyl sites for hydroxylation is 1. The molecule has 3 rings (SSSR count). The molecule has 1 N–H and O–H groups in total. The SMILES string of the molecule is CCc1ccc2c(c1)N(C)C1CCCCC1N2. The first-order valence-electron chi connectivity index (χ1n) is 6.92. The van der Waals surface area contributed by atoms with Crippen LogP contribution in [0.25, 0.3) is 0 Å². The van der Waals surface area contributed by atoms with Crippen LogP contribution in [-0.4, -0.2) is 19.1 Å². The smallest absolute Gasteiger partial charge is 0.0605 e. The van der Waals surface area contributed by atoms with Gasteiger partial charge in [-0.15, -0.1) is 0 Å². The third kappa shape index (κ3) is 1.80. The van der Waals surface area contributed by atoms with Gasteiger partial charge in [0.1, 0.15) is 0 Å². The number of benzene rings is 1. The first-order valence-corrected chi connectivity index (χ1v) is 6.92. The average Bonchev–Trinajstić information content (AvgIpc) is 2.39. The highest BCUT2D eigenvalue weighted by atomic mass is 15.2. The molecule has 17 heavy (non-hydrogen) atoms. The third-order valence-corrected chi connectivity index (χ3v) is 4.42. The fourth-order valence-electron chi connectivity index (χ4n) is 3.33. The fourth-order valence-corrected chi connectivity index (χ4v) is 3.33. The topological polar surface area (TPSA) is 15.3 Å². The van der Waals surface area contributed by atoms with E-state index in [4.69, 9.17) is 0 Å². The third-order valence-electron chi connectivity index (χ3n) is 4.42. The number of hydrogen-bond acceptors (Lipinski definition) is 2. The van der Waals surface area contributed by atoms with Crippen LogP contribution in [0.3, 0.4) is 0 Å². The molecular weight excluding hydrogens is 208 g/mol. The second-order valence-corrected chi connectivity index (χ2v) is 5.42. The van der Waals surface area contributed by atoms with Crippen LogP contribution in [0.5, 0.6) is 0 Å². The van der Waals surface area contributed by atoms with Gasteiger partial charge in [-0.2, -0.15) is 0 Å². The van der Waals surface area contributed by atoms with E-state index in [0.29, 0.717) is 12.1 Å². The Morgan fingerprint density at radius 2 is 2.12 bits per heavy atom. The Balaban J connectivity index is 1.97. The van der Waals surface area contributed by atoms with Crippen molar-refractivity contribution < 1.29 is 0 Å². The maximum Gasteiger partial charge on any atom is 0.0605 e. The van der Waals surface area contributed by atoms with E-state index in [1.807, 2.05) is 0 Å². The van der Waals surface area contributed by atoms with Crippen LogP contribution in [0.1, 0.15) is 38.2 Å². The largest absolute Gasteiger partial charge is 0.379 e. The average molecular weight is 230 g/mol. The van der Waals surface area contributed by atoms with E-state index in [0.717, 1.165) is 6.42 Å². The number of nitrogens with zero attached hydrogens (tertiary/aromatic N) is 1. The molecule has 2 heteroatoms. The molecule has 1 aromatic rings. The lowest BCUT2D eigenvalue weighted by Crippen LogP contribution is -2.50. The van der Waals surface area contributed by atoms with Crippen LogP contribution in [-0.2, 0) is 6.42 Å². The zero-order chi connectivity index (χ0) is 11.8. The Morgan fingerprint density at radius 3 is 2.94 bits per heavy atom. The Bertz CT molecular complexity index is 413. The van der Waals surface area contributed by atoms with Crippen LogP contribution in [0, 0.1) is 0 Å². The summed E-state index contributed by atoms with van der Waals surface area (Å²) < 4.78 is 0. The molecule has 1 aliphatic carbocycles. The predicted octanol–water partition coefficient (Wildman–Crippen LogP) is 3.42. The molecule has 1 heterocycles. The number of anilines is 2. The van der Waals surface area contributed by atoms with E-state index < -0.39 is 0 Å². The summed E-state index contributed by atoms with van der Waals surface area (Å²) in [4.78, 5) is 2.51. The van der Waals surface area contributed by atoms with Gasteiger partial charge >= 0.3 is 0 Å². The summed E-state index contributed by atoms with van der Waals surface area (Å²) in [7, 11) is 2.27. The van der Waals surface area contributed by atoms with Crippen molar-refractivity contribution in [2.45, 2.75) is 51.1 Å². The first kappa shape index (κ1) is 10.9. The normalized spacial score (nSPS) is 27.1. The van der Waals surface area contributed by atoms with E-state index in [1.54, 1.807) is 0 Å². The Labute approximate surface area is 104 Å². The number of nitrogens with one attached hydrogen (secondary N) is 1. The highest BCUT2D eigenvalue weighted by molar-refractivity contribution is 5.74. The van der Waals surface area contributed by atoms with E-state index in [2.05, 4.69) is 42.4 Å². The van der Waals surface area contributed by atoms with Gasteiger partial charge in [-0.25, -0.2) is 0 Å². The number of fused-ring (bicyclic) bond motifs is 2. The molecule has 0 radical (unpaired) electrons. The molecule has 1 fully saturated rings.